The molecule has 25 heavy (non-hydrogen) atoms. The summed E-state index contributed by atoms with van der Waals surface area (Å²) in [6.45, 7) is 7.21. The molecule has 3 N–H and O–H groups in total. The molecule has 0 radical (unpaired) electrons. The largest absolute Gasteiger partial charge is 0.465 e. The van der Waals surface area contributed by atoms with Crippen LogP contribution in [0.2, 0.25) is 0 Å². The third kappa shape index (κ3) is 3.42. The number of aromatic nitrogens is 3. The van der Waals surface area contributed by atoms with E-state index >= 15 is 0 Å². The zero-order valence-corrected chi connectivity index (χ0v) is 14.8. The molecule has 0 saturated carbocycles. The van der Waals surface area contributed by atoms with E-state index in [4.69, 9.17) is 5.73 Å². The van der Waals surface area contributed by atoms with Gasteiger partial charge in [-0.25, -0.2) is 19.7 Å². The Morgan fingerprint density at radius 2 is 2.12 bits per heavy atom. The second-order valence-electron chi connectivity index (χ2n) is 7.36. The van der Waals surface area contributed by atoms with Gasteiger partial charge in [-0.1, -0.05) is 0 Å². The molecule has 2 aromatic rings. The maximum Gasteiger partial charge on any atom is 0.408 e. The van der Waals surface area contributed by atoms with Crippen LogP contribution in [0.3, 0.4) is 0 Å². The van der Waals surface area contributed by atoms with Gasteiger partial charge in [0.1, 0.15) is 17.7 Å². The van der Waals surface area contributed by atoms with Crippen molar-refractivity contribution in [1.29, 1.82) is 0 Å². The van der Waals surface area contributed by atoms with Crippen LogP contribution in [-0.4, -0.2) is 55.7 Å². The minimum absolute atomic E-state index is 0.0758. The van der Waals surface area contributed by atoms with Crippen molar-refractivity contribution < 1.29 is 9.90 Å². The van der Waals surface area contributed by atoms with Crippen LogP contribution in [0.25, 0.3) is 11.0 Å². The van der Waals surface area contributed by atoms with E-state index in [-0.39, 0.29) is 6.04 Å². The first-order chi connectivity index (χ1) is 11.8. The molecule has 1 fully saturated rings. The van der Waals surface area contributed by atoms with E-state index < -0.39 is 11.6 Å². The number of amides is 1. The Kier molecular flexibility index (Phi) is 4.36. The van der Waals surface area contributed by atoms with Crippen molar-refractivity contribution in [2.45, 2.75) is 45.2 Å². The van der Waals surface area contributed by atoms with Crippen LogP contribution in [0.4, 0.5) is 16.4 Å². The zero-order chi connectivity index (χ0) is 18.2. The zero-order valence-electron chi connectivity index (χ0n) is 14.8. The number of nitrogens with two attached hydrogens (primary N) is 1. The normalized spacial score (nSPS) is 18.4. The quantitative estimate of drug-likeness (QED) is 0.860. The summed E-state index contributed by atoms with van der Waals surface area (Å²) in [6, 6.07) is 3.70. The van der Waals surface area contributed by atoms with E-state index in [1.807, 2.05) is 32.9 Å². The van der Waals surface area contributed by atoms with Crippen molar-refractivity contribution in [2.24, 2.45) is 0 Å². The molecule has 8 nitrogen and oxygen atoms in total. The standard InChI is InChI=1S/C17H24N6O2/c1-17(2,3)23(16(24)25)11-5-4-8-22(9-11)13-7-6-12-14(21-13)15(18)20-10-19-12/h6-7,10-11H,4-5,8-9H2,1-3H3,(H,24,25)(H2,18,19,20)/t11-/m1/s1. The SMILES string of the molecule is CC(C)(C)N(C(=O)O)[C@@H]1CCCN(c2ccc3ncnc(N)c3n2)C1. The summed E-state index contributed by atoms with van der Waals surface area (Å²) in [4.78, 5) is 28.2. The highest BCUT2D eigenvalue weighted by atomic mass is 16.4. The number of hydrogen-bond acceptors (Lipinski definition) is 6. The molecule has 8 heteroatoms. The Balaban J connectivity index is 1.88. The number of carboxylic acid groups (broad SMARTS) is 1. The number of carbonyl (C=O) groups is 1. The van der Waals surface area contributed by atoms with E-state index in [1.165, 1.54) is 6.33 Å². The topological polar surface area (TPSA) is 108 Å². The molecule has 1 amide bonds. The van der Waals surface area contributed by atoms with Gasteiger partial charge in [0, 0.05) is 18.6 Å². The van der Waals surface area contributed by atoms with Gasteiger partial charge in [0.2, 0.25) is 0 Å². The molecule has 1 aliphatic heterocycles. The lowest BCUT2D eigenvalue weighted by Gasteiger charge is -2.44. The first kappa shape index (κ1) is 17.2. The number of hydrogen-bond donors (Lipinski definition) is 2. The van der Waals surface area contributed by atoms with Crippen LogP contribution in [0, 0.1) is 0 Å². The Bertz CT molecular complexity index is 788. The van der Waals surface area contributed by atoms with Crippen molar-refractivity contribution in [3.05, 3.63) is 18.5 Å². The maximum absolute atomic E-state index is 11.8. The molecule has 0 spiro atoms. The second-order valence-corrected chi connectivity index (χ2v) is 7.36. The summed E-state index contributed by atoms with van der Waals surface area (Å²) in [7, 11) is 0. The maximum atomic E-state index is 11.8. The lowest BCUT2D eigenvalue weighted by molar-refractivity contribution is 0.0647. The molecule has 2 aromatic heterocycles. The molecule has 1 aliphatic rings. The van der Waals surface area contributed by atoms with Crippen molar-refractivity contribution in [2.75, 3.05) is 23.7 Å². The smallest absolute Gasteiger partial charge is 0.408 e. The Hall–Kier alpha value is -2.64. The summed E-state index contributed by atoms with van der Waals surface area (Å²) >= 11 is 0. The number of anilines is 2. The summed E-state index contributed by atoms with van der Waals surface area (Å²) in [5.74, 6) is 1.13. The fourth-order valence-corrected chi connectivity index (χ4v) is 3.49. The first-order valence-electron chi connectivity index (χ1n) is 8.42. The van der Waals surface area contributed by atoms with Gasteiger partial charge in [-0.2, -0.15) is 0 Å². The van der Waals surface area contributed by atoms with Crippen LogP contribution in [-0.2, 0) is 0 Å². The van der Waals surface area contributed by atoms with Gasteiger partial charge in [0.15, 0.2) is 5.82 Å². The average Bonchev–Trinajstić information content (AvgIpc) is 2.53. The Labute approximate surface area is 146 Å². The van der Waals surface area contributed by atoms with Gasteiger partial charge in [-0.05, 0) is 45.7 Å². The third-order valence-corrected chi connectivity index (χ3v) is 4.51. The van der Waals surface area contributed by atoms with Crippen molar-refractivity contribution >= 4 is 28.8 Å². The van der Waals surface area contributed by atoms with Gasteiger partial charge in [-0.15, -0.1) is 0 Å². The van der Waals surface area contributed by atoms with Gasteiger partial charge in [0.25, 0.3) is 0 Å². The van der Waals surface area contributed by atoms with E-state index in [2.05, 4.69) is 19.9 Å². The lowest BCUT2D eigenvalue weighted by Crippen LogP contribution is -2.57. The number of rotatable bonds is 2. The number of nitrogens with zero attached hydrogens (tertiary/aromatic N) is 5. The fraction of sp³-hybridized carbons (Fsp3) is 0.529. The number of piperidine rings is 1. The Morgan fingerprint density at radius 1 is 1.36 bits per heavy atom. The van der Waals surface area contributed by atoms with Gasteiger partial charge >= 0.3 is 6.09 Å². The predicted octanol–water partition coefficient (Wildman–Crippen LogP) is 2.35. The van der Waals surface area contributed by atoms with Crippen LogP contribution in [0.1, 0.15) is 33.6 Å². The number of pyridine rings is 1. The molecular weight excluding hydrogens is 320 g/mol. The van der Waals surface area contributed by atoms with E-state index in [1.54, 1.807) is 4.90 Å². The molecular formula is C17H24N6O2. The summed E-state index contributed by atoms with van der Waals surface area (Å²) < 4.78 is 0. The van der Waals surface area contributed by atoms with Crippen molar-refractivity contribution in [3.63, 3.8) is 0 Å². The van der Waals surface area contributed by atoms with Gasteiger partial charge < -0.3 is 15.7 Å². The van der Waals surface area contributed by atoms with Crippen molar-refractivity contribution in [1.82, 2.24) is 19.9 Å². The average molecular weight is 344 g/mol. The van der Waals surface area contributed by atoms with Gasteiger partial charge in [-0.3, -0.25) is 4.90 Å². The van der Waals surface area contributed by atoms with E-state index in [9.17, 15) is 9.90 Å². The van der Waals surface area contributed by atoms with Crippen LogP contribution < -0.4 is 10.6 Å². The molecule has 0 unspecified atom stereocenters. The Morgan fingerprint density at radius 3 is 2.80 bits per heavy atom. The highest BCUT2D eigenvalue weighted by Crippen LogP contribution is 2.27. The molecule has 3 heterocycles. The highest BCUT2D eigenvalue weighted by Gasteiger charge is 2.36. The predicted molar refractivity (Wildman–Crippen MR) is 96.6 cm³/mol. The molecule has 0 aromatic carbocycles. The second kappa shape index (κ2) is 6.34. The highest BCUT2D eigenvalue weighted by molar-refractivity contribution is 5.84. The molecule has 134 valence electrons. The van der Waals surface area contributed by atoms with Gasteiger partial charge in [0.05, 0.1) is 11.6 Å². The van der Waals surface area contributed by atoms with Crippen molar-refractivity contribution in [3.8, 4) is 0 Å². The summed E-state index contributed by atoms with van der Waals surface area (Å²) in [5.41, 5.74) is 6.74. The van der Waals surface area contributed by atoms with E-state index in [0.717, 1.165) is 25.2 Å². The fourth-order valence-electron chi connectivity index (χ4n) is 3.49. The number of fused-ring (bicyclic) bond motifs is 1. The van der Waals surface area contributed by atoms with E-state index in [0.29, 0.717) is 23.4 Å². The summed E-state index contributed by atoms with van der Waals surface area (Å²) in [5, 5.41) is 9.65. The summed E-state index contributed by atoms with van der Waals surface area (Å²) in [6.07, 6.45) is 2.29. The monoisotopic (exact) mass is 344 g/mol. The molecule has 3 rings (SSSR count). The minimum Gasteiger partial charge on any atom is -0.465 e. The third-order valence-electron chi connectivity index (χ3n) is 4.51. The molecule has 1 atom stereocenters. The van der Waals surface area contributed by atoms with Crippen LogP contribution in [0.5, 0.6) is 0 Å². The number of nitrogen functional groups attached to an aromatic ring is 1. The molecule has 0 aliphatic carbocycles. The molecule has 0 bridgehead atoms. The lowest BCUT2D eigenvalue weighted by atomic mass is 9.97. The first-order valence-corrected chi connectivity index (χ1v) is 8.42. The van der Waals surface area contributed by atoms with Crippen LogP contribution >= 0.6 is 0 Å². The minimum atomic E-state index is -0.886. The molecule has 1 saturated heterocycles. The van der Waals surface area contributed by atoms with Crippen LogP contribution in [0.15, 0.2) is 18.5 Å².